The molecule has 2 heterocycles. The second-order valence-electron chi connectivity index (χ2n) is 4.95. The van der Waals surface area contributed by atoms with Gasteiger partial charge in [-0.25, -0.2) is 12.7 Å². The highest BCUT2D eigenvalue weighted by molar-refractivity contribution is 7.89. The largest absolute Gasteiger partial charge is 0.310 e. The SMILES string of the molecule is CCCCS(=O)(=O)N1CCC2CCC(C1)N2. The molecule has 4 nitrogen and oxygen atoms in total. The molecule has 0 amide bonds. The average molecular weight is 246 g/mol. The molecule has 94 valence electrons. The van der Waals surface area contributed by atoms with Crippen molar-refractivity contribution in [2.24, 2.45) is 0 Å². The van der Waals surface area contributed by atoms with Crippen LogP contribution < -0.4 is 5.32 Å². The molecule has 16 heavy (non-hydrogen) atoms. The molecular weight excluding hydrogens is 224 g/mol. The smallest absolute Gasteiger partial charge is 0.214 e. The van der Waals surface area contributed by atoms with Crippen LogP contribution in [-0.4, -0.2) is 43.6 Å². The minimum absolute atomic E-state index is 0.320. The summed E-state index contributed by atoms with van der Waals surface area (Å²) in [4.78, 5) is 0. The quantitative estimate of drug-likeness (QED) is 0.803. The second-order valence-corrected chi connectivity index (χ2v) is 7.04. The average Bonchev–Trinajstić information content (AvgIpc) is 2.54. The van der Waals surface area contributed by atoms with Gasteiger partial charge in [-0.05, 0) is 25.7 Å². The number of rotatable bonds is 4. The van der Waals surface area contributed by atoms with Gasteiger partial charge in [-0.15, -0.1) is 0 Å². The molecule has 2 atom stereocenters. The zero-order valence-electron chi connectivity index (χ0n) is 9.98. The molecule has 2 bridgehead atoms. The summed E-state index contributed by atoms with van der Waals surface area (Å²) in [6.07, 6.45) is 5.04. The lowest BCUT2D eigenvalue weighted by Gasteiger charge is -2.23. The molecule has 0 radical (unpaired) electrons. The molecule has 0 spiro atoms. The van der Waals surface area contributed by atoms with E-state index in [0.29, 0.717) is 30.9 Å². The van der Waals surface area contributed by atoms with Gasteiger partial charge < -0.3 is 5.32 Å². The first-order valence-electron chi connectivity index (χ1n) is 6.35. The fourth-order valence-corrected chi connectivity index (χ4v) is 4.32. The molecule has 1 N–H and O–H groups in total. The first-order chi connectivity index (χ1) is 7.62. The van der Waals surface area contributed by atoms with E-state index in [1.165, 1.54) is 6.42 Å². The zero-order chi connectivity index (χ0) is 11.6. The minimum atomic E-state index is -3.00. The topological polar surface area (TPSA) is 49.4 Å². The van der Waals surface area contributed by atoms with E-state index in [9.17, 15) is 8.42 Å². The molecule has 2 rings (SSSR count). The summed E-state index contributed by atoms with van der Waals surface area (Å²) in [6, 6.07) is 0.945. The number of sulfonamides is 1. The maximum atomic E-state index is 12.1. The van der Waals surface area contributed by atoms with Crippen molar-refractivity contribution in [3.8, 4) is 0 Å². The summed E-state index contributed by atoms with van der Waals surface area (Å²) in [5.74, 6) is 0.320. The number of nitrogens with one attached hydrogen (secondary N) is 1. The Morgan fingerprint density at radius 1 is 1.25 bits per heavy atom. The van der Waals surface area contributed by atoms with Crippen molar-refractivity contribution in [1.29, 1.82) is 0 Å². The maximum Gasteiger partial charge on any atom is 0.214 e. The van der Waals surface area contributed by atoms with Crippen molar-refractivity contribution in [2.45, 2.75) is 51.1 Å². The molecule has 0 aliphatic carbocycles. The Morgan fingerprint density at radius 2 is 2.00 bits per heavy atom. The predicted octanol–water partition coefficient (Wildman–Crippen LogP) is 0.943. The molecule has 0 aromatic carbocycles. The van der Waals surface area contributed by atoms with E-state index in [1.807, 2.05) is 6.92 Å². The third-order valence-electron chi connectivity index (χ3n) is 3.64. The lowest BCUT2D eigenvalue weighted by molar-refractivity contribution is 0.383. The standard InChI is InChI=1S/C11H22N2O2S/c1-2-3-8-16(14,15)13-7-6-10-4-5-11(9-13)12-10/h10-12H,2-9H2,1H3. The number of nitrogens with zero attached hydrogens (tertiary/aromatic N) is 1. The summed E-state index contributed by atoms with van der Waals surface area (Å²) in [7, 11) is -3.00. The molecule has 2 saturated heterocycles. The van der Waals surface area contributed by atoms with E-state index < -0.39 is 10.0 Å². The van der Waals surface area contributed by atoms with Gasteiger partial charge in [0.1, 0.15) is 0 Å². The van der Waals surface area contributed by atoms with E-state index in [2.05, 4.69) is 5.32 Å². The van der Waals surface area contributed by atoms with Gasteiger partial charge >= 0.3 is 0 Å². The van der Waals surface area contributed by atoms with Crippen LogP contribution in [0, 0.1) is 0 Å². The van der Waals surface area contributed by atoms with Crippen LogP contribution in [0.2, 0.25) is 0 Å². The Bertz CT molecular complexity index is 329. The number of unbranched alkanes of at least 4 members (excludes halogenated alkanes) is 1. The first-order valence-corrected chi connectivity index (χ1v) is 7.96. The van der Waals surface area contributed by atoms with Gasteiger partial charge in [0.05, 0.1) is 5.75 Å². The highest BCUT2D eigenvalue weighted by atomic mass is 32.2. The van der Waals surface area contributed by atoms with Crippen molar-refractivity contribution < 1.29 is 8.42 Å². The van der Waals surface area contributed by atoms with Crippen LogP contribution in [0.25, 0.3) is 0 Å². The van der Waals surface area contributed by atoms with E-state index in [1.54, 1.807) is 4.31 Å². The van der Waals surface area contributed by atoms with Crippen LogP contribution in [0.1, 0.15) is 39.0 Å². The van der Waals surface area contributed by atoms with Crippen LogP contribution in [0.4, 0.5) is 0 Å². The molecule has 2 aliphatic rings. The van der Waals surface area contributed by atoms with E-state index in [0.717, 1.165) is 25.7 Å². The van der Waals surface area contributed by atoms with Gasteiger partial charge in [-0.2, -0.15) is 0 Å². The molecule has 0 aromatic heterocycles. The summed E-state index contributed by atoms with van der Waals surface area (Å²) < 4.78 is 25.9. The van der Waals surface area contributed by atoms with E-state index >= 15 is 0 Å². The normalized spacial score (nSPS) is 31.6. The predicted molar refractivity (Wildman–Crippen MR) is 64.8 cm³/mol. The first kappa shape index (κ1) is 12.3. The van der Waals surface area contributed by atoms with Crippen LogP contribution >= 0.6 is 0 Å². The van der Waals surface area contributed by atoms with Crippen LogP contribution in [-0.2, 0) is 10.0 Å². The lowest BCUT2D eigenvalue weighted by atomic mass is 10.1. The van der Waals surface area contributed by atoms with Gasteiger partial charge in [0, 0.05) is 25.2 Å². The van der Waals surface area contributed by atoms with E-state index in [4.69, 9.17) is 0 Å². The molecular formula is C11H22N2O2S. The molecule has 0 saturated carbocycles. The van der Waals surface area contributed by atoms with Crippen molar-refractivity contribution in [2.75, 3.05) is 18.8 Å². The van der Waals surface area contributed by atoms with Crippen molar-refractivity contribution in [1.82, 2.24) is 9.62 Å². The molecule has 2 aliphatic heterocycles. The highest BCUT2D eigenvalue weighted by Crippen LogP contribution is 2.22. The van der Waals surface area contributed by atoms with Gasteiger partial charge in [-0.1, -0.05) is 13.3 Å². The van der Waals surface area contributed by atoms with Gasteiger partial charge in [0.2, 0.25) is 10.0 Å². The highest BCUT2D eigenvalue weighted by Gasteiger charge is 2.33. The Balaban J connectivity index is 1.98. The summed E-state index contributed by atoms with van der Waals surface area (Å²) >= 11 is 0. The van der Waals surface area contributed by atoms with Gasteiger partial charge in [-0.3, -0.25) is 0 Å². The van der Waals surface area contributed by atoms with Crippen molar-refractivity contribution in [3.05, 3.63) is 0 Å². The second kappa shape index (κ2) is 5.02. The molecule has 5 heteroatoms. The summed E-state index contributed by atoms with van der Waals surface area (Å²) in [5, 5.41) is 3.50. The summed E-state index contributed by atoms with van der Waals surface area (Å²) in [5.41, 5.74) is 0. The van der Waals surface area contributed by atoms with Crippen molar-refractivity contribution >= 4 is 10.0 Å². The summed E-state index contributed by atoms with van der Waals surface area (Å²) in [6.45, 7) is 3.42. The maximum absolute atomic E-state index is 12.1. The minimum Gasteiger partial charge on any atom is -0.310 e. The number of fused-ring (bicyclic) bond motifs is 2. The van der Waals surface area contributed by atoms with Crippen LogP contribution in [0.15, 0.2) is 0 Å². The lowest BCUT2D eigenvalue weighted by Crippen LogP contribution is -2.40. The fraction of sp³-hybridized carbons (Fsp3) is 1.00. The number of hydrogen-bond donors (Lipinski definition) is 1. The third-order valence-corrected chi connectivity index (χ3v) is 5.56. The van der Waals surface area contributed by atoms with Crippen LogP contribution in [0.5, 0.6) is 0 Å². The van der Waals surface area contributed by atoms with Gasteiger partial charge in [0.15, 0.2) is 0 Å². The molecule has 0 aromatic rings. The molecule has 2 unspecified atom stereocenters. The fourth-order valence-electron chi connectivity index (χ4n) is 2.62. The Kier molecular flexibility index (Phi) is 3.87. The van der Waals surface area contributed by atoms with Crippen molar-refractivity contribution in [3.63, 3.8) is 0 Å². The van der Waals surface area contributed by atoms with E-state index in [-0.39, 0.29) is 0 Å². The third kappa shape index (κ3) is 2.76. The Hall–Kier alpha value is -0.130. The zero-order valence-corrected chi connectivity index (χ0v) is 10.8. The van der Waals surface area contributed by atoms with Gasteiger partial charge in [0.25, 0.3) is 0 Å². The Labute approximate surface area is 98.4 Å². The number of hydrogen-bond acceptors (Lipinski definition) is 3. The monoisotopic (exact) mass is 246 g/mol. The Morgan fingerprint density at radius 3 is 2.75 bits per heavy atom. The molecule has 2 fully saturated rings. The van der Waals surface area contributed by atoms with Crippen LogP contribution in [0.3, 0.4) is 0 Å².